The maximum atomic E-state index is 6.17. The molecule has 1 atom stereocenters. The number of aryl methyl sites for hydroxylation is 1. The van der Waals surface area contributed by atoms with Crippen LogP contribution in [0.1, 0.15) is 6.42 Å². The van der Waals surface area contributed by atoms with Crippen LogP contribution >= 0.6 is 0 Å². The molecule has 156 valence electrons. The van der Waals surface area contributed by atoms with Gasteiger partial charge in [0.2, 0.25) is 0 Å². The summed E-state index contributed by atoms with van der Waals surface area (Å²) in [7, 11) is 6.03. The van der Waals surface area contributed by atoms with E-state index in [1.807, 2.05) is 31.2 Å². The summed E-state index contributed by atoms with van der Waals surface area (Å²) in [6.07, 6.45) is 3.01. The molecule has 0 saturated carbocycles. The summed E-state index contributed by atoms with van der Waals surface area (Å²) in [4.78, 5) is 4.22. The monoisotopic (exact) mass is 403 g/mol. The summed E-state index contributed by atoms with van der Waals surface area (Å²) < 4.78 is 8.30. The zero-order chi connectivity index (χ0) is 21.1. The van der Waals surface area contributed by atoms with Crippen LogP contribution in [0.15, 0.2) is 58.8 Å². The van der Waals surface area contributed by atoms with Crippen LogP contribution in [0, 0.1) is 5.92 Å². The summed E-state index contributed by atoms with van der Waals surface area (Å²) >= 11 is 0. The molecule has 2 aromatic carbocycles. The average molecular weight is 404 g/mol. The Balaban J connectivity index is 1.51. The largest absolute Gasteiger partial charge is 0.491 e. The predicted molar refractivity (Wildman–Crippen MR) is 125 cm³/mol. The van der Waals surface area contributed by atoms with Gasteiger partial charge >= 0.3 is 0 Å². The molecular weight excluding hydrogens is 374 g/mol. The van der Waals surface area contributed by atoms with Crippen LogP contribution in [0.25, 0.3) is 22.0 Å². The minimum atomic E-state index is 0.293. The zero-order valence-corrected chi connectivity index (χ0v) is 17.9. The Morgan fingerprint density at radius 3 is 2.77 bits per heavy atom. The summed E-state index contributed by atoms with van der Waals surface area (Å²) in [6, 6.07) is 14.8. The highest BCUT2D eigenvalue weighted by atomic mass is 16.5. The topological polar surface area (TPSA) is 54.1 Å². The fourth-order valence-corrected chi connectivity index (χ4v) is 4.02. The highest BCUT2D eigenvalue weighted by Crippen LogP contribution is 2.34. The number of aliphatic imine (C=N–C) groups is 1. The third kappa shape index (κ3) is 4.09. The van der Waals surface area contributed by atoms with E-state index in [1.54, 1.807) is 0 Å². The Kier molecular flexibility index (Phi) is 5.86. The highest BCUT2D eigenvalue weighted by molar-refractivity contribution is 5.88. The number of nitrogens with zero attached hydrogens (tertiary/aromatic N) is 4. The molecule has 0 bridgehead atoms. The van der Waals surface area contributed by atoms with Crippen molar-refractivity contribution in [3.05, 3.63) is 48.7 Å². The van der Waals surface area contributed by atoms with Gasteiger partial charge in [0, 0.05) is 56.4 Å². The van der Waals surface area contributed by atoms with E-state index in [-0.39, 0.29) is 0 Å². The van der Waals surface area contributed by atoms with Gasteiger partial charge < -0.3 is 14.6 Å². The quantitative estimate of drug-likeness (QED) is 0.577. The van der Waals surface area contributed by atoms with Gasteiger partial charge in [0.15, 0.2) is 0 Å². The van der Waals surface area contributed by atoms with Gasteiger partial charge in [-0.15, -0.1) is 0 Å². The smallest absolute Gasteiger partial charge is 0.144 e. The van der Waals surface area contributed by atoms with Crippen LogP contribution in [-0.4, -0.2) is 55.8 Å². The highest BCUT2D eigenvalue weighted by Gasteiger charge is 2.25. The van der Waals surface area contributed by atoms with Gasteiger partial charge in [-0.3, -0.25) is 10.0 Å². The lowest BCUT2D eigenvalue weighted by molar-refractivity contribution is 0.258. The molecule has 0 aliphatic carbocycles. The molecule has 6 heteroatoms. The van der Waals surface area contributed by atoms with Gasteiger partial charge in [-0.2, -0.15) is 5.10 Å². The molecule has 0 spiro atoms. The first kappa shape index (κ1) is 20.2. The second-order valence-electron chi connectivity index (χ2n) is 7.83. The molecule has 0 fully saturated rings. The van der Waals surface area contributed by atoms with Crippen LogP contribution in [-0.2, 0) is 7.05 Å². The molecule has 30 heavy (non-hydrogen) atoms. The molecular formula is C24H29N5O. The fourth-order valence-electron chi connectivity index (χ4n) is 4.02. The van der Waals surface area contributed by atoms with Crippen LogP contribution < -0.4 is 10.1 Å². The average Bonchev–Trinajstić information content (AvgIpc) is 3.32. The summed E-state index contributed by atoms with van der Waals surface area (Å²) in [6.45, 7) is 6.14. The molecule has 0 saturated heterocycles. The number of aromatic nitrogens is 1. The third-order valence-electron chi connectivity index (χ3n) is 5.67. The van der Waals surface area contributed by atoms with Gasteiger partial charge in [0.05, 0.1) is 12.5 Å². The Morgan fingerprint density at radius 1 is 1.17 bits per heavy atom. The zero-order valence-electron chi connectivity index (χ0n) is 17.9. The van der Waals surface area contributed by atoms with Crippen molar-refractivity contribution >= 4 is 29.0 Å². The van der Waals surface area contributed by atoms with Crippen LogP contribution in [0.3, 0.4) is 0 Å². The number of hydrogen-bond acceptors (Lipinski definition) is 5. The van der Waals surface area contributed by atoms with E-state index < -0.39 is 0 Å². The molecule has 6 nitrogen and oxygen atoms in total. The number of benzene rings is 2. The van der Waals surface area contributed by atoms with Gasteiger partial charge in [-0.05, 0) is 55.2 Å². The first-order valence-corrected chi connectivity index (χ1v) is 10.3. The number of hydrazone groups is 1. The molecule has 1 aliphatic rings. The van der Waals surface area contributed by atoms with Gasteiger partial charge in [-0.1, -0.05) is 12.1 Å². The second kappa shape index (κ2) is 8.71. The summed E-state index contributed by atoms with van der Waals surface area (Å²) in [5.41, 5.74) is 5.43. The van der Waals surface area contributed by atoms with Crippen molar-refractivity contribution in [2.75, 3.05) is 33.8 Å². The van der Waals surface area contributed by atoms with Crippen molar-refractivity contribution < 1.29 is 4.74 Å². The van der Waals surface area contributed by atoms with Crippen molar-refractivity contribution in [1.82, 2.24) is 14.9 Å². The normalized spacial score (nSPS) is 16.2. The first-order chi connectivity index (χ1) is 14.6. The summed E-state index contributed by atoms with van der Waals surface area (Å²) in [5, 5.41) is 11.0. The van der Waals surface area contributed by atoms with Crippen molar-refractivity contribution in [2.45, 2.75) is 6.42 Å². The standard InChI is InChI=1S/C24H29N5O/c1-25-11-9-21-20(15-29(4)27-21)16-30-24-8-6-18(14-22(24)26-2)17-5-7-23-19(13-17)10-12-28(23)3/h5-8,10,12-14,20,25H,2,9,11,15-16H2,1,3-4H3. The fraction of sp³-hybridized carbons (Fsp3) is 0.333. The van der Waals surface area contributed by atoms with E-state index in [0.29, 0.717) is 12.5 Å². The van der Waals surface area contributed by atoms with Gasteiger partial charge in [-0.25, -0.2) is 0 Å². The Labute approximate surface area is 177 Å². The van der Waals surface area contributed by atoms with E-state index in [2.05, 4.69) is 70.3 Å². The van der Waals surface area contributed by atoms with E-state index >= 15 is 0 Å². The Hall–Kier alpha value is -3.12. The van der Waals surface area contributed by atoms with Crippen molar-refractivity contribution in [3.63, 3.8) is 0 Å². The molecule has 0 radical (unpaired) electrons. The third-order valence-corrected chi connectivity index (χ3v) is 5.67. The molecule has 1 aromatic heterocycles. The molecule has 1 aliphatic heterocycles. The first-order valence-electron chi connectivity index (χ1n) is 10.3. The second-order valence-corrected chi connectivity index (χ2v) is 7.83. The Bertz CT molecular complexity index is 1080. The van der Waals surface area contributed by atoms with Crippen LogP contribution in [0.4, 0.5) is 5.69 Å². The van der Waals surface area contributed by atoms with E-state index in [1.165, 1.54) is 16.6 Å². The number of nitrogens with one attached hydrogen (secondary N) is 1. The van der Waals surface area contributed by atoms with Crippen LogP contribution in [0.2, 0.25) is 0 Å². The van der Waals surface area contributed by atoms with Crippen LogP contribution in [0.5, 0.6) is 5.75 Å². The van der Waals surface area contributed by atoms with Gasteiger partial charge in [0.1, 0.15) is 11.4 Å². The number of rotatable bonds is 8. The molecule has 0 amide bonds. The molecule has 2 heterocycles. The minimum absolute atomic E-state index is 0.293. The lowest BCUT2D eigenvalue weighted by atomic mass is 10.0. The lowest BCUT2D eigenvalue weighted by Crippen LogP contribution is -2.25. The number of hydrogen-bond donors (Lipinski definition) is 1. The van der Waals surface area contributed by atoms with Gasteiger partial charge in [0.25, 0.3) is 0 Å². The van der Waals surface area contributed by atoms with E-state index in [0.717, 1.165) is 42.1 Å². The molecule has 1 unspecified atom stereocenters. The maximum absolute atomic E-state index is 6.17. The number of ether oxygens (including phenoxy) is 1. The van der Waals surface area contributed by atoms with Crippen molar-refractivity contribution in [2.24, 2.45) is 23.1 Å². The number of fused-ring (bicyclic) bond motifs is 1. The molecule has 1 N–H and O–H groups in total. The van der Waals surface area contributed by atoms with Crippen molar-refractivity contribution in [3.8, 4) is 16.9 Å². The van der Waals surface area contributed by atoms with E-state index in [4.69, 9.17) is 4.74 Å². The molecule has 3 aromatic rings. The Morgan fingerprint density at radius 2 is 1.97 bits per heavy atom. The SMILES string of the molecule is C=Nc1cc(-c2ccc3c(ccn3C)c2)ccc1OCC1CN(C)N=C1CCNC. The predicted octanol–water partition coefficient (Wildman–Crippen LogP) is 4.08. The maximum Gasteiger partial charge on any atom is 0.144 e. The lowest BCUT2D eigenvalue weighted by Gasteiger charge is -2.16. The summed E-state index contributed by atoms with van der Waals surface area (Å²) in [5.74, 6) is 1.05. The molecule has 4 rings (SSSR count). The minimum Gasteiger partial charge on any atom is -0.491 e. The van der Waals surface area contributed by atoms with Crippen molar-refractivity contribution in [1.29, 1.82) is 0 Å². The van der Waals surface area contributed by atoms with E-state index in [9.17, 15) is 0 Å².